The summed E-state index contributed by atoms with van der Waals surface area (Å²) in [6.45, 7) is 11.8. The molecule has 1 N–H and O–H groups in total. The van der Waals surface area contributed by atoms with Crippen LogP contribution in [0, 0.1) is 11.8 Å². The normalized spacial score (nSPS) is 26.2. The zero-order valence-corrected chi connectivity index (χ0v) is 12.2. The molecule has 1 aliphatic heterocycles. The standard InChI is InChI=1S/C14H27NO3/c1-9(2)13(17)14(10(3)4)18-12(16)6-7-15-8-11(15)5/h9-11,13-14,17H,6-8H2,1-5H3. The molecule has 18 heavy (non-hydrogen) atoms. The molecule has 1 aliphatic rings. The molecule has 1 heterocycles. The van der Waals surface area contributed by atoms with Crippen molar-refractivity contribution in [2.75, 3.05) is 13.1 Å². The van der Waals surface area contributed by atoms with Gasteiger partial charge in [0.2, 0.25) is 0 Å². The number of nitrogens with zero attached hydrogens (tertiary/aromatic N) is 1. The number of hydrogen-bond donors (Lipinski definition) is 1. The summed E-state index contributed by atoms with van der Waals surface area (Å²) in [5, 5.41) is 10.0. The molecule has 0 aromatic carbocycles. The second-order valence-corrected chi connectivity index (χ2v) is 6.03. The topological polar surface area (TPSA) is 49.5 Å². The summed E-state index contributed by atoms with van der Waals surface area (Å²) in [6.07, 6.45) is -0.573. The van der Waals surface area contributed by atoms with Gasteiger partial charge in [-0.1, -0.05) is 27.7 Å². The third kappa shape index (κ3) is 4.58. The van der Waals surface area contributed by atoms with Crippen molar-refractivity contribution in [1.82, 2.24) is 4.90 Å². The highest BCUT2D eigenvalue weighted by molar-refractivity contribution is 5.69. The number of hydrogen-bond acceptors (Lipinski definition) is 4. The first kappa shape index (κ1) is 15.4. The van der Waals surface area contributed by atoms with E-state index < -0.39 is 12.2 Å². The summed E-state index contributed by atoms with van der Waals surface area (Å²) in [5.41, 5.74) is 0. The van der Waals surface area contributed by atoms with Gasteiger partial charge in [-0.15, -0.1) is 0 Å². The van der Waals surface area contributed by atoms with Crippen molar-refractivity contribution in [3.8, 4) is 0 Å². The van der Waals surface area contributed by atoms with Crippen molar-refractivity contribution in [2.45, 2.75) is 59.3 Å². The fourth-order valence-electron chi connectivity index (χ4n) is 2.03. The van der Waals surface area contributed by atoms with E-state index in [0.29, 0.717) is 12.5 Å². The van der Waals surface area contributed by atoms with Crippen molar-refractivity contribution < 1.29 is 14.6 Å². The first-order valence-electron chi connectivity index (χ1n) is 6.94. The lowest BCUT2D eigenvalue weighted by Crippen LogP contribution is -2.39. The van der Waals surface area contributed by atoms with Crippen LogP contribution in [0.25, 0.3) is 0 Å². The summed E-state index contributed by atoms with van der Waals surface area (Å²) in [4.78, 5) is 14.0. The van der Waals surface area contributed by atoms with Gasteiger partial charge in [0, 0.05) is 19.1 Å². The van der Waals surface area contributed by atoms with E-state index in [1.54, 1.807) is 0 Å². The molecule has 0 aliphatic carbocycles. The molecule has 0 saturated carbocycles. The van der Waals surface area contributed by atoms with Crippen LogP contribution in [0.3, 0.4) is 0 Å². The highest BCUT2D eigenvalue weighted by Gasteiger charge is 2.31. The second kappa shape index (κ2) is 6.53. The number of carbonyl (C=O) groups is 1. The van der Waals surface area contributed by atoms with E-state index in [1.807, 2.05) is 27.7 Å². The van der Waals surface area contributed by atoms with Gasteiger partial charge in [0.05, 0.1) is 12.5 Å². The van der Waals surface area contributed by atoms with Crippen LogP contribution < -0.4 is 0 Å². The maximum absolute atomic E-state index is 11.8. The second-order valence-electron chi connectivity index (χ2n) is 6.03. The average molecular weight is 257 g/mol. The van der Waals surface area contributed by atoms with Crippen molar-refractivity contribution in [2.24, 2.45) is 11.8 Å². The van der Waals surface area contributed by atoms with Gasteiger partial charge < -0.3 is 9.84 Å². The molecule has 0 bridgehead atoms. The van der Waals surface area contributed by atoms with Crippen LogP contribution in [0.5, 0.6) is 0 Å². The van der Waals surface area contributed by atoms with Crippen LogP contribution in [0.4, 0.5) is 0 Å². The predicted octanol–water partition coefficient (Wildman–Crippen LogP) is 1.67. The van der Waals surface area contributed by atoms with Crippen LogP contribution in [-0.4, -0.2) is 47.3 Å². The Kier molecular flexibility index (Phi) is 5.60. The Hall–Kier alpha value is -0.610. The van der Waals surface area contributed by atoms with E-state index in [2.05, 4.69) is 11.8 Å². The van der Waals surface area contributed by atoms with E-state index in [1.165, 1.54) is 0 Å². The zero-order valence-electron chi connectivity index (χ0n) is 12.2. The Morgan fingerprint density at radius 3 is 2.28 bits per heavy atom. The van der Waals surface area contributed by atoms with Gasteiger partial charge in [0.15, 0.2) is 0 Å². The number of esters is 1. The van der Waals surface area contributed by atoms with Crippen molar-refractivity contribution in [1.29, 1.82) is 0 Å². The maximum atomic E-state index is 11.8. The Bertz CT molecular complexity index is 278. The number of aliphatic hydroxyl groups excluding tert-OH is 1. The summed E-state index contributed by atoms with van der Waals surface area (Å²) in [5.74, 6) is 0.0245. The molecule has 4 heteroatoms. The maximum Gasteiger partial charge on any atom is 0.307 e. The number of ether oxygens (including phenoxy) is 1. The van der Waals surface area contributed by atoms with E-state index in [0.717, 1.165) is 13.1 Å². The van der Waals surface area contributed by atoms with E-state index in [-0.39, 0.29) is 17.8 Å². The molecule has 1 saturated heterocycles. The summed E-state index contributed by atoms with van der Waals surface area (Å²) < 4.78 is 5.43. The SMILES string of the molecule is CC(C)C(O)C(OC(=O)CCN1CC1C)C(C)C. The molecule has 1 rings (SSSR count). The summed E-state index contributed by atoms with van der Waals surface area (Å²) in [6, 6.07) is 0.611. The fourth-order valence-corrected chi connectivity index (χ4v) is 2.03. The first-order chi connectivity index (χ1) is 8.32. The monoisotopic (exact) mass is 257 g/mol. The minimum absolute atomic E-state index is 0.0948. The van der Waals surface area contributed by atoms with Crippen molar-refractivity contribution >= 4 is 5.97 Å². The smallest absolute Gasteiger partial charge is 0.307 e. The lowest BCUT2D eigenvalue weighted by Gasteiger charge is -2.28. The average Bonchev–Trinajstić information content (AvgIpc) is 2.98. The van der Waals surface area contributed by atoms with Crippen LogP contribution in [-0.2, 0) is 9.53 Å². The summed E-state index contributed by atoms with van der Waals surface area (Å²) in [7, 11) is 0. The largest absolute Gasteiger partial charge is 0.459 e. The Labute approximate surface area is 110 Å². The van der Waals surface area contributed by atoms with Crippen LogP contribution in [0.1, 0.15) is 41.0 Å². The number of rotatable bonds is 7. The van der Waals surface area contributed by atoms with Crippen LogP contribution >= 0.6 is 0 Å². The molecule has 4 unspecified atom stereocenters. The molecule has 106 valence electrons. The molecule has 0 spiro atoms. The first-order valence-corrected chi connectivity index (χ1v) is 6.94. The molecule has 0 aromatic heterocycles. The lowest BCUT2D eigenvalue weighted by molar-refractivity contribution is -0.160. The van der Waals surface area contributed by atoms with Gasteiger partial charge in [0.25, 0.3) is 0 Å². The molecular weight excluding hydrogens is 230 g/mol. The van der Waals surface area contributed by atoms with Gasteiger partial charge in [0.1, 0.15) is 6.10 Å². The molecule has 0 amide bonds. The Morgan fingerprint density at radius 1 is 1.33 bits per heavy atom. The molecular formula is C14H27NO3. The van der Waals surface area contributed by atoms with E-state index in [4.69, 9.17) is 4.74 Å². The minimum Gasteiger partial charge on any atom is -0.459 e. The van der Waals surface area contributed by atoms with Crippen molar-refractivity contribution in [3.63, 3.8) is 0 Å². The molecule has 1 fully saturated rings. The fraction of sp³-hybridized carbons (Fsp3) is 0.929. The minimum atomic E-state index is -0.589. The predicted molar refractivity (Wildman–Crippen MR) is 71.2 cm³/mol. The van der Waals surface area contributed by atoms with Gasteiger partial charge in [-0.3, -0.25) is 9.69 Å². The van der Waals surface area contributed by atoms with Gasteiger partial charge >= 0.3 is 5.97 Å². The molecule has 0 radical (unpaired) electrons. The van der Waals surface area contributed by atoms with E-state index in [9.17, 15) is 9.90 Å². The van der Waals surface area contributed by atoms with Crippen LogP contribution in [0.15, 0.2) is 0 Å². The highest BCUT2D eigenvalue weighted by Crippen LogP contribution is 2.19. The number of carbonyl (C=O) groups excluding carboxylic acids is 1. The van der Waals surface area contributed by atoms with Crippen molar-refractivity contribution in [3.05, 3.63) is 0 Å². The van der Waals surface area contributed by atoms with Crippen LogP contribution in [0.2, 0.25) is 0 Å². The molecule has 4 nitrogen and oxygen atoms in total. The Balaban J connectivity index is 2.37. The Morgan fingerprint density at radius 2 is 1.89 bits per heavy atom. The number of aliphatic hydroxyl groups is 1. The zero-order chi connectivity index (χ0) is 13.9. The summed E-state index contributed by atoms with van der Waals surface area (Å²) >= 11 is 0. The molecule has 0 aromatic rings. The van der Waals surface area contributed by atoms with Gasteiger partial charge in [-0.05, 0) is 18.8 Å². The lowest BCUT2D eigenvalue weighted by atomic mass is 9.94. The van der Waals surface area contributed by atoms with E-state index >= 15 is 0 Å². The van der Waals surface area contributed by atoms with Gasteiger partial charge in [-0.2, -0.15) is 0 Å². The quantitative estimate of drug-likeness (QED) is 0.557. The molecule has 4 atom stereocenters. The third-order valence-electron chi connectivity index (χ3n) is 3.54. The highest BCUT2D eigenvalue weighted by atomic mass is 16.6. The van der Waals surface area contributed by atoms with Gasteiger partial charge in [-0.25, -0.2) is 0 Å². The third-order valence-corrected chi connectivity index (χ3v) is 3.54.